The maximum atomic E-state index is 11.2. The number of nitrogens with one attached hydrogen (secondary N) is 3. The lowest BCUT2D eigenvalue weighted by Crippen LogP contribution is -1.99. The first-order valence-electron chi connectivity index (χ1n) is 6.27. The number of aromatic nitrogens is 2. The highest BCUT2D eigenvalue weighted by Crippen LogP contribution is 2.17. The van der Waals surface area contributed by atoms with Crippen LogP contribution < -0.4 is 11.0 Å². The van der Waals surface area contributed by atoms with Crippen LogP contribution in [-0.4, -0.2) is 16.2 Å². The Labute approximate surface area is 119 Å². The Kier molecular flexibility index (Phi) is 3.56. The molecule has 1 aromatic carbocycles. The highest BCUT2D eigenvalue weighted by molar-refractivity contribution is 7.97. The third-order valence-electron chi connectivity index (χ3n) is 2.99. The second-order valence-corrected chi connectivity index (χ2v) is 5.36. The SMILES string of the molecule is CSCc1ccc(CNc2ccc3[nH]c(=O)[nH]c3c2)o1. The maximum absolute atomic E-state index is 11.2. The third kappa shape index (κ3) is 2.75. The minimum absolute atomic E-state index is 0.190. The Bertz CT molecular complexity index is 772. The topological polar surface area (TPSA) is 73.8 Å². The minimum atomic E-state index is -0.190. The molecule has 3 N–H and O–H groups in total. The number of benzene rings is 1. The average Bonchev–Trinajstić information content (AvgIpc) is 3.01. The molecule has 0 saturated heterocycles. The summed E-state index contributed by atoms with van der Waals surface area (Å²) in [4.78, 5) is 16.7. The summed E-state index contributed by atoms with van der Waals surface area (Å²) >= 11 is 1.73. The van der Waals surface area contributed by atoms with E-state index < -0.39 is 0 Å². The average molecular weight is 289 g/mol. The van der Waals surface area contributed by atoms with Gasteiger partial charge in [-0.1, -0.05) is 0 Å². The molecule has 0 aliphatic carbocycles. The largest absolute Gasteiger partial charge is 0.463 e. The van der Waals surface area contributed by atoms with E-state index in [-0.39, 0.29) is 5.69 Å². The normalized spacial score (nSPS) is 11.1. The van der Waals surface area contributed by atoms with Crippen LogP contribution in [0.15, 0.2) is 39.5 Å². The van der Waals surface area contributed by atoms with Crippen LogP contribution >= 0.6 is 11.8 Å². The zero-order valence-corrected chi connectivity index (χ0v) is 11.8. The van der Waals surface area contributed by atoms with Crippen molar-refractivity contribution in [2.45, 2.75) is 12.3 Å². The molecule has 20 heavy (non-hydrogen) atoms. The van der Waals surface area contributed by atoms with Gasteiger partial charge in [0.2, 0.25) is 0 Å². The van der Waals surface area contributed by atoms with Crippen LogP contribution in [0.5, 0.6) is 0 Å². The third-order valence-corrected chi connectivity index (χ3v) is 3.56. The molecule has 0 aliphatic rings. The second-order valence-electron chi connectivity index (χ2n) is 4.49. The van der Waals surface area contributed by atoms with Crippen LogP contribution in [0.4, 0.5) is 5.69 Å². The molecule has 5 nitrogen and oxygen atoms in total. The summed E-state index contributed by atoms with van der Waals surface area (Å²) in [7, 11) is 0. The zero-order chi connectivity index (χ0) is 13.9. The molecule has 0 amide bonds. The predicted octanol–water partition coefficient (Wildman–Crippen LogP) is 2.92. The van der Waals surface area contributed by atoms with Gasteiger partial charge >= 0.3 is 5.69 Å². The van der Waals surface area contributed by atoms with Crippen molar-refractivity contribution in [1.82, 2.24) is 9.97 Å². The predicted molar refractivity (Wildman–Crippen MR) is 82.2 cm³/mol. The van der Waals surface area contributed by atoms with Crippen molar-refractivity contribution in [3.8, 4) is 0 Å². The Hall–Kier alpha value is -2.08. The molecule has 3 aromatic rings. The molecular formula is C14H15N3O2S. The van der Waals surface area contributed by atoms with Crippen molar-refractivity contribution in [2.75, 3.05) is 11.6 Å². The van der Waals surface area contributed by atoms with Gasteiger partial charge in [0.15, 0.2) is 0 Å². The van der Waals surface area contributed by atoms with Gasteiger partial charge in [-0.2, -0.15) is 11.8 Å². The van der Waals surface area contributed by atoms with Gasteiger partial charge in [-0.25, -0.2) is 4.79 Å². The fraction of sp³-hybridized carbons (Fsp3) is 0.214. The molecule has 2 heterocycles. The minimum Gasteiger partial charge on any atom is -0.463 e. The first-order chi connectivity index (χ1) is 9.74. The molecule has 2 aromatic heterocycles. The van der Waals surface area contributed by atoms with E-state index in [1.54, 1.807) is 11.8 Å². The number of fused-ring (bicyclic) bond motifs is 1. The lowest BCUT2D eigenvalue weighted by Gasteiger charge is -2.04. The fourth-order valence-corrected chi connectivity index (χ4v) is 2.51. The monoisotopic (exact) mass is 289 g/mol. The molecule has 0 unspecified atom stereocenters. The van der Waals surface area contributed by atoms with Gasteiger partial charge in [-0.3, -0.25) is 0 Å². The van der Waals surface area contributed by atoms with Crippen molar-refractivity contribution >= 4 is 28.5 Å². The highest BCUT2D eigenvalue weighted by Gasteiger charge is 2.03. The van der Waals surface area contributed by atoms with Gasteiger partial charge in [0.25, 0.3) is 0 Å². The zero-order valence-electron chi connectivity index (χ0n) is 11.0. The summed E-state index contributed by atoms with van der Waals surface area (Å²) in [5.74, 6) is 2.77. The van der Waals surface area contributed by atoms with Gasteiger partial charge in [-0.15, -0.1) is 0 Å². The smallest absolute Gasteiger partial charge is 0.323 e. The molecule has 104 valence electrons. The van der Waals surface area contributed by atoms with E-state index >= 15 is 0 Å². The molecule has 3 rings (SSSR count). The number of H-pyrrole nitrogens is 2. The summed E-state index contributed by atoms with van der Waals surface area (Å²) in [6.45, 7) is 0.620. The standard InChI is InChI=1S/C14H15N3O2S/c1-20-8-11-4-3-10(19-11)7-15-9-2-5-12-13(6-9)17-14(18)16-12/h2-6,15H,7-8H2,1H3,(H2,16,17,18). The molecule has 0 radical (unpaired) electrons. The van der Waals surface area contributed by atoms with E-state index in [2.05, 4.69) is 15.3 Å². The van der Waals surface area contributed by atoms with Gasteiger partial charge in [-0.05, 0) is 36.6 Å². The molecular weight excluding hydrogens is 274 g/mol. The van der Waals surface area contributed by atoms with Gasteiger partial charge in [0, 0.05) is 5.69 Å². The Morgan fingerprint density at radius 2 is 1.95 bits per heavy atom. The number of hydrogen-bond acceptors (Lipinski definition) is 4. The molecule has 0 spiro atoms. The Balaban J connectivity index is 1.70. The van der Waals surface area contributed by atoms with E-state index in [4.69, 9.17) is 4.42 Å². The molecule has 0 saturated carbocycles. The van der Waals surface area contributed by atoms with Crippen LogP contribution in [-0.2, 0) is 12.3 Å². The molecule has 6 heteroatoms. The number of imidazole rings is 1. The summed E-state index contributed by atoms with van der Waals surface area (Å²) in [5.41, 5.74) is 2.35. The Morgan fingerprint density at radius 1 is 1.15 bits per heavy atom. The van der Waals surface area contributed by atoms with Crippen molar-refractivity contribution < 1.29 is 4.42 Å². The summed E-state index contributed by atoms with van der Waals surface area (Å²) in [6.07, 6.45) is 2.05. The number of thioether (sulfide) groups is 1. The number of anilines is 1. The number of aromatic amines is 2. The van der Waals surface area contributed by atoms with Gasteiger partial charge in [0.1, 0.15) is 11.5 Å². The number of rotatable bonds is 5. The number of hydrogen-bond donors (Lipinski definition) is 3. The first-order valence-corrected chi connectivity index (χ1v) is 7.66. The van der Waals surface area contributed by atoms with E-state index in [1.807, 2.05) is 36.6 Å². The molecule has 0 atom stereocenters. The molecule has 0 fully saturated rings. The maximum Gasteiger partial charge on any atom is 0.323 e. The fourth-order valence-electron chi connectivity index (χ4n) is 2.07. The summed E-state index contributed by atoms with van der Waals surface area (Å²) < 4.78 is 5.69. The van der Waals surface area contributed by atoms with E-state index in [0.717, 1.165) is 34.0 Å². The second kappa shape index (κ2) is 5.50. The highest BCUT2D eigenvalue weighted by atomic mass is 32.2. The lowest BCUT2D eigenvalue weighted by atomic mass is 10.2. The van der Waals surface area contributed by atoms with Crippen LogP contribution in [0.2, 0.25) is 0 Å². The van der Waals surface area contributed by atoms with Crippen LogP contribution in [0.25, 0.3) is 11.0 Å². The van der Waals surface area contributed by atoms with Gasteiger partial charge in [0.05, 0.1) is 23.3 Å². The Morgan fingerprint density at radius 3 is 2.80 bits per heavy atom. The van der Waals surface area contributed by atoms with Crippen LogP contribution in [0.1, 0.15) is 11.5 Å². The number of furan rings is 1. The summed E-state index contributed by atoms with van der Waals surface area (Å²) in [5, 5.41) is 3.28. The van der Waals surface area contributed by atoms with Crippen molar-refractivity contribution in [1.29, 1.82) is 0 Å². The van der Waals surface area contributed by atoms with Crippen LogP contribution in [0.3, 0.4) is 0 Å². The van der Waals surface area contributed by atoms with Crippen molar-refractivity contribution in [3.05, 3.63) is 52.3 Å². The van der Waals surface area contributed by atoms with E-state index in [1.165, 1.54) is 0 Å². The van der Waals surface area contributed by atoms with Crippen molar-refractivity contribution in [2.24, 2.45) is 0 Å². The quantitative estimate of drug-likeness (QED) is 0.675. The van der Waals surface area contributed by atoms with Crippen molar-refractivity contribution in [3.63, 3.8) is 0 Å². The molecule has 0 bridgehead atoms. The van der Waals surface area contributed by atoms with Crippen LogP contribution in [0, 0.1) is 0 Å². The van der Waals surface area contributed by atoms with E-state index in [0.29, 0.717) is 6.54 Å². The molecule has 0 aliphatic heterocycles. The first kappa shape index (κ1) is 12.9. The van der Waals surface area contributed by atoms with E-state index in [9.17, 15) is 4.79 Å². The summed E-state index contributed by atoms with van der Waals surface area (Å²) in [6, 6.07) is 9.68. The van der Waals surface area contributed by atoms with Gasteiger partial charge < -0.3 is 19.7 Å². The lowest BCUT2D eigenvalue weighted by molar-refractivity contribution is 0.487.